The smallest absolute Gasteiger partial charge is 0.191 e. The first-order valence-corrected chi connectivity index (χ1v) is 12.0. The van der Waals surface area contributed by atoms with Crippen molar-refractivity contribution in [3.05, 3.63) is 35.8 Å². The molecular formula is C23H37N7O. The van der Waals surface area contributed by atoms with Crippen LogP contribution in [0.25, 0.3) is 0 Å². The number of furan rings is 1. The Hall–Kier alpha value is -2.35. The summed E-state index contributed by atoms with van der Waals surface area (Å²) in [6.07, 6.45) is 12.4. The van der Waals surface area contributed by atoms with E-state index in [2.05, 4.69) is 41.4 Å². The summed E-state index contributed by atoms with van der Waals surface area (Å²) < 4.78 is 8.09. The van der Waals surface area contributed by atoms with Gasteiger partial charge < -0.3 is 19.6 Å². The third kappa shape index (κ3) is 5.87. The van der Waals surface area contributed by atoms with Crippen molar-refractivity contribution in [2.24, 2.45) is 4.99 Å². The molecule has 0 radical (unpaired) electrons. The van der Waals surface area contributed by atoms with Gasteiger partial charge in [-0.05, 0) is 57.3 Å². The molecule has 1 atom stereocenters. The topological polar surface area (TPSA) is 83.5 Å². The van der Waals surface area contributed by atoms with Crippen molar-refractivity contribution in [1.82, 2.24) is 30.3 Å². The van der Waals surface area contributed by atoms with Crippen LogP contribution in [0.1, 0.15) is 68.4 Å². The summed E-state index contributed by atoms with van der Waals surface area (Å²) in [4.78, 5) is 6.94. The average Bonchev–Trinajstić information content (AvgIpc) is 3.41. The molecule has 31 heavy (non-hydrogen) atoms. The van der Waals surface area contributed by atoms with Gasteiger partial charge in [0.15, 0.2) is 5.96 Å². The van der Waals surface area contributed by atoms with Crippen molar-refractivity contribution < 1.29 is 4.42 Å². The van der Waals surface area contributed by atoms with Crippen molar-refractivity contribution >= 4 is 5.96 Å². The Morgan fingerprint density at radius 2 is 1.94 bits per heavy atom. The number of likely N-dealkylation sites (tertiary alicyclic amines) is 1. The Balaban J connectivity index is 1.24. The number of hydrogen-bond donors (Lipinski definition) is 2. The standard InChI is InChI=1S/C23H37N7O/c1-24-23(25-13-8-12-22-28-27-21-11-4-2-7-16-30(21)22)26-18-19(20-10-9-17-31-20)29-14-5-3-6-15-29/h9-10,17,19H,2-8,11-16,18H2,1H3,(H2,24,25,26). The van der Waals surface area contributed by atoms with Gasteiger partial charge in [0.25, 0.3) is 0 Å². The first-order valence-electron chi connectivity index (χ1n) is 12.0. The molecular weight excluding hydrogens is 390 g/mol. The first-order chi connectivity index (χ1) is 15.3. The minimum atomic E-state index is 0.236. The molecule has 4 heterocycles. The Morgan fingerprint density at radius 3 is 2.74 bits per heavy atom. The summed E-state index contributed by atoms with van der Waals surface area (Å²) in [6.45, 7) is 4.96. The third-order valence-electron chi connectivity index (χ3n) is 6.45. The fourth-order valence-corrected chi connectivity index (χ4v) is 4.72. The molecule has 0 amide bonds. The lowest BCUT2D eigenvalue weighted by molar-refractivity contribution is 0.146. The van der Waals surface area contributed by atoms with Crippen LogP contribution < -0.4 is 10.6 Å². The number of aromatic nitrogens is 3. The largest absolute Gasteiger partial charge is 0.468 e. The molecule has 0 bridgehead atoms. The minimum absolute atomic E-state index is 0.236. The summed E-state index contributed by atoms with van der Waals surface area (Å²) in [7, 11) is 1.83. The molecule has 1 saturated heterocycles. The van der Waals surface area contributed by atoms with Crippen LogP contribution in [0.2, 0.25) is 0 Å². The van der Waals surface area contributed by atoms with E-state index in [1.165, 1.54) is 44.3 Å². The molecule has 2 aromatic heterocycles. The van der Waals surface area contributed by atoms with E-state index in [-0.39, 0.29) is 6.04 Å². The van der Waals surface area contributed by atoms with Crippen molar-refractivity contribution in [1.29, 1.82) is 0 Å². The van der Waals surface area contributed by atoms with Gasteiger partial charge in [-0.3, -0.25) is 9.89 Å². The number of nitrogens with one attached hydrogen (secondary N) is 2. The van der Waals surface area contributed by atoms with Gasteiger partial charge in [0, 0.05) is 39.5 Å². The zero-order valence-corrected chi connectivity index (χ0v) is 18.9. The number of nitrogens with zero attached hydrogens (tertiary/aromatic N) is 5. The molecule has 2 aliphatic rings. The van der Waals surface area contributed by atoms with E-state index in [4.69, 9.17) is 4.42 Å². The van der Waals surface area contributed by atoms with Crippen LogP contribution in [0.3, 0.4) is 0 Å². The molecule has 170 valence electrons. The Bertz CT molecular complexity index is 808. The SMILES string of the molecule is CN=C(NCCCc1nnc2n1CCCCC2)NCC(c1ccco1)N1CCCCC1. The van der Waals surface area contributed by atoms with Gasteiger partial charge in [-0.1, -0.05) is 12.8 Å². The molecule has 2 N–H and O–H groups in total. The molecule has 1 unspecified atom stereocenters. The maximum atomic E-state index is 5.75. The molecule has 0 saturated carbocycles. The van der Waals surface area contributed by atoms with Gasteiger partial charge in [0.1, 0.15) is 17.4 Å². The molecule has 1 fully saturated rings. The van der Waals surface area contributed by atoms with Gasteiger partial charge in [-0.25, -0.2) is 0 Å². The number of hydrogen-bond acceptors (Lipinski definition) is 5. The summed E-state index contributed by atoms with van der Waals surface area (Å²) in [5.74, 6) is 4.16. The number of piperidine rings is 1. The molecule has 2 aliphatic heterocycles. The Labute approximate surface area is 185 Å². The highest BCUT2D eigenvalue weighted by Crippen LogP contribution is 2.24. The first kappa shape index (κ1) is 21.9. The highest BCUT2D eigenvalue weighted by atomic mass is 16.3. The lowest BCUT2D eigenvalue weighted by Crippen LogP contribution is -2.44. The van der Waals surface area contributed by atoms with Crippen LogP contribution in [0.4, 0.5) is 0 Å². The van der Waals surface area contributed by atoms with Crippen LogP contribution >= 0.6 is 0 Å². The summed E-state index contributed by atoms with van der Waals surface area (Å²) in [5.41, 5.74) is 0. The number of aryl methyl sites for hydroxylation is 2. The Kier molecular flexibility index (Phi) is 7.98. The van der Waals surface area contributed by atoms with Crippen LogP contribution in [0, 0.1) is 0 Å². The van der Waals surface area contributed by atoms with Gasteiger partial charge in [-0.2, -0.15) is 0 Å². The van der Waals surface area contributed by atoms with Gasteiger partial charge >= 0.3 is 0 Å². The maximum Gasteiger partial charge on any atom is 0.191 e. The molecule has 4 rings (SSSR count). The van der Waals surface area contributed by atoms with Crippen molar-refractivity contribution in [2.45, 2.75) is 70.4 Å². The number of guanidine groups is 1. The zero-order chi connectivity index (χ0) is 21.3. The van der Waals surface area contributed by atoms with E-state index in [9.17, 15) is 0 Å². The van der Waals surface area contributed by atoms with Gasteiger partial charge in [0.2, 0.25) is 0 Å². The second-order valence-corrected chi connectivity index (χ2v) is 8.61. The van der Waals surface area contributed by atoms with Crippen molar-refractivity contribution in [3.63, 3.8) is 0 Å². The van der Waals surface area contributed by atoms with Crippen LogP contribution in [-0.2, 0) is 19.4 Å². The second-order valence-electron chi connectivity index (χ2n) is 8.61. The monoisotopic (exact) mass is 427 g/mol. The normalized spacial score (nSPS) is 18.9. The molecule has 0 aromatic carbocycles. The molecule has 0 spiro atoms. The number of rotatable bonds is 8. The predicted octanol–water partition coefficient (Wildman–Crippen LogP) is 2.92. The van der Waals surface area contributed by atoms with E-state index in [1.54, 1.807) is 6.26 Å². The number of aliphatic imine (C=N–C) groups is 1. The lowest BCUT2D eigenvalue weighted by Gasteiger charge is -2.33. The Morgan fingerprint density at radius 1 is 1.10 bits per heavy atom. The molecule has 8 heteroatoms. The van der Waals surface area contributed by atoms with Gasteiger partial charge in [-0.15, -0.1) is 10.2 Å². The number of fused-ring (bicyclic) bond motifs is 1. The third-order valence-corrected chi connectivity index (χ3v) is 6.45. The second kappa shape index (κ2) is 11.3. The van der Waals surface area contributed by atoms with E-state index < -0.39 is 0 Å². The molecule has 0 aliphatic carbocycles. The maximum absolute atomic E-state index is 5.75. The van der Waals surface area contributed by atoms with E-state index >= 15 is 0 Å². The van der Waals surface area contributed by atoms with Gasteiger partial charge in [0.05, 0.1) is 12.3 Å². The van der Waals surface area contributed by atoms with Crippen LogP contribution in [0.15, 0.2) is 27.8 Å². The highest BCUT2D eigenvalue weighted by Gasteiger charge is 2.24. The highest BCUT2D eigenvalue weighted by molar-refractivity contribution is 5.79. The van der Waals surface area contributed by atoms with Crippen LogP contribution in [-0.4, -0.2) is 58.9 Å². The van der Waals surface area contributed by atoms with Crippen molar-refractivity contribution in [3.8, 4) is 0 Å². The molecule has 2 aromatic rings. The molecule has 8 nitrogen and oxygen atoms in total. The van der Waals surface area contributed by atoms with Crippen LogP contribution in [0.5, 0.6) is 0 Å². The predicted molar refractivity (Wildman–Crippen MR) is 122 cm³/mol. The summed E-state index contributed by atoms with van der Waals surface area (Å²) in [5, 5.41) is 15.8. The fourth-order valence-electron chi connectivity index (χ4n) is 4.72. The lowest BCUT2D eigenvalue weighted by atomic mass is 10.1. The van der Waals surface area contributed by atoms with Crippen molar-refractivity contribution in [2.75, 3.05) is 33.2 Å². The average molecular weight is 428 g/mol. The van der Waals surface area contributed by atoms with E-state index in [0.717, 1.165) is 69.5 Å². The minimum Gasteiger partial charge on any atom is -0.468 e. The summed E-state index contributed by atoms with van der Waals surface area (Å²) >= 11 is 0. The fraction of sp³-hybridized carbons (Fsp3) is 0.696. The van der Waals surface area contributed by atoms with E-state index in [1.807, 2.05) is 13.1 Å². The summed E-state index contributed by atoms with van der Waals surface area (Å²) in [6, 6.07) is 4.30. The quantitative estimate of drug-likeness (QED) is 0.383. The zero-order valence-electron chi connectivity index (χ0n) is 18.9. The van der Waals surface area contributed by atoms with E-state index in [0.29, 0.717) is 0 Å².